The monoisotopic (exact) mass is 311 g/mol. The molecule has 0 heterocycles. The van der Waals surface area contributed by atoms with Gasteiger partial charge in [0.1, 0.15) is 5.75 Å². The Balaban J connectivity index is 1.93. The van der Waals surface area contributed by atoms with Gasteiger partial charge < -0.3 is 10.1 Å². The van der Waals surface area contributed by atoms with Gasteiger partial charge in [0.25, 0.3) is 5.91 Å². The van der Waals surface area contributed by atoms with E-state index in [-0.39, 0.29) is 18.6 Å². The second-order valence-corrected chi connectivity index (χ2v) is 6.21. The van der Waals surface area contributed by atoms with E-state index < -0.39 is 0 Å². The van der Waals surface area contributed by atoms with E-state index in [1.807, 2.05) is 39.0 Å². The molecule has 3 heteroatoms. The number of ether oxygens (including phenoxy) is 1. The molecule has 0 saturated heterocycles. The Kier molecular flexibility index (Phi) is 5.43. The quantitative estimate of drug-likeness (QED) is 0.899. The van der Waals surface area contributed by atoms with E-state index in [9.17, 15) is 4.79 Å². The molecule has 0 aliphatic carbocycles. The average Bonchev–Trinajstić information content (AvgIpc) is 2.46. The third-order valence-corrected chi connectivity index (χ3v) is 3.96. The first-order chi connectivity index (χ1) is 10.9. The molecular formula is C20H25NO2. The van der Waals surface area contributed by atoms with Crippen molar-refractivity contribution in [1.82, 2.24) is 5.32 Å². The normalized spacial score (nSPS) is 11.9. The van der Waals surface area contributed by atoms with Crippen molar-refractivity contribution in [2.24, 2.45) is 0 Å². The molecular weight excluding hydrogens is 286 g/mol. The third kappa shape index (κ3) is 4.59. The highest BCUT2D eigenvalue weighted by Crippen LogP contribution is 2.20. The number of nitrogens with one attached hydrogen (secondary N) is 1. The summed E-state index contributed by atoms with van der Waals surface area (Å²) in [6.07, 6.45) is 0. The zero-order valence-electron chi connectivity index (χ0n) is 14.6. The molecule has 0 aliphatic heterocycles. The van der Waals surface area contributed by atoms with E-state index in [1.165, 1.54) is 16.7 Å². The maximum atomic E-state index is 12.1. The highest BCUT2D eigenvalue weighted by atomic mass is 16.5. The van der Waals surface area contributed by atoms with Gasteiger partial charge in [0, 0.05) is 0 Å². The first kappa shape index (κ1) is 17.1. The number of hydrogen-bond donors (Lipinski definition) is 1. The number of amides is 1. The summed E-state index contributed by atoms with van der Waals surface area (Å²) in [6.45, 7) is 10.2. The minimum Gasteiger partial charge on any atom is -0.484 e. The maximum Gasteiger partial charge on any atom is 0.258 e. The standard InChI is InChI=1S/C20H25NO2/c1-13-6-8-18(15(3)10-13)17(5)21-20(22)12-23-19-9-7-14(2)11-16(19)4/h6-11,17H,12H2,1-5H3,(H,21,22)/t17-/m1/s1. The summed E-state index contributed by atoms with van der Waals surface area (Å²) in [5.74, 6) is 0.641. The van der Waals surface area contributed by atoms with Gasteiger partial charge in [-0.1, -0.05) is 41.5 Å². The second kappa shape index (κ2) is 7.32. The number of hydrogen-bond acceptors (Lipinski definition) is 2. The fourth-order valence-corrected chi connectivity index (χ4v) is 2.78. The van der Waals surface area contributed by atoms with Crippen LogP contribution in [0.3, 0.4) is 0 Å². The van der Waals surface area contributed by atoms with Crippen molar-refractivity contribution in [3.05, 3.63) is 64.2 Å². The van der Waals surface area contributed by atoms with Crippen LogP contribution in [-0.2, 0) is 4.79 Å². The second-order valence-electron chi connectivity index (χ2n) is 6.21. The summed E-state index contributed by atoms with van der Waals surface area (Å²) >= 11 is 0. The Labute approximate surface area is 138 Å². The summed E-state index contributed by atoms with van der Waals surface area (Å²) in [6, 6.07) is 12.2. The van der Waals surface area contributed by atoms with E-state index >= 15 is 0 Å². The minimum atomic E-state index is -0.113. The number of carbonyl (C=O) groups is 1. The van der Waals surface area contributed by atoms with E-state index in [0.29, 0.717) is 0 Å². The van der Waals surface area contributed by atoms with E-state index in [4.69, 9.17) is 4.74 Å². The molecule has 0 bridgehead atoms. The Bertz CT molecular complexity index is 707. The highest BCUT2D eigenvalue weighted by molar-refractivity contribution is 5.78. The van der Waals surface area contributed by atoms with Crippen LogP contribution in [0, 0.1) is 27.7 Å². The fraction of sp³-hybridized carbons (Fsp3) is 0.350. The van der Waals surface area contributed by atoms with Crippen LogP contribution in [0.1, 0.15) is 40.8 Å². The molecule has 1 amide bonds. The van der Waals surface area contributed by atoms with Crippen LogP contribution in [-0.4, -0.2) is 12.5 Å². The molecule has 3 nitrogen and oxygen atoms in total. The molecule has 0 saturated carbocycles. The lowest BCUT2D eigenvalue weighted by molar-refractivity contribution is -0.123. The molecule has 2 rings (SSSR count). The van der Waals surface area contributed by atoms with Crippen molar-refractivity contribution in [2.75, 3.05) is 6.61 Å². The molecule has 0 radical (unpaired) electrons. The summed E-state index contributed by atoms with van der Waals surface area (Å²) < 4.78 is 5.63. The lowest BCUT2D eigenvalue weighted by atomic mass is 10.0. The van der Waals surface area contributed by atoms with Gasteiger partial charge in [-0.05, 0) is 57.4 Å². The van der Waals surface area contributed by atoms with Gasteiger partial charge in [-0.25, -0.2) is 0 Å². The molecule has 2 aromatic carbocycles. The number of rotatable bonds is 5. The van der Waals surface area contributed by atoms with Crippen LogP contribution in [0.25, 0.3) is 0 Å². The third-order valence-electron chi connectivity index (χ3n) is 3.96. The van der Waals surface area contributed by atoms with Crippen LogP contribution in [0.2, 0.25) is 0 Å². The molecule has 122 valence electrons. The van der Waals surface area contributed by atoms with Gasteiger partial charge in [-0.2, -0.15) is 0 Å². The molecule has 0 fully saturated rings. The van der Waals surface area contributed by atoms with Crippen molar-refractivity contribution in [3.63, 3.8) is 0 Å². The van der Waals surface area contributed by atoms with Gasteiger partial charge >= 0.3 is 0 Å². The molecule has 0 spiro atoms. The summed E-state index contributed by atoms with van der Waals surface area (Å²) in [5.41, 5.74) is 5.77. The van der Waals surface area contributed by atoms with Gasteiger partial charge in [-0.3, -0.25) is 4.79 Å². The zero-order valence-corrected chi connectivity index (χ0v) is 14.6. The molecule has 1 N–H and O–H groups in total. The smallest absolute Gasteiger partial charge is 0.258 e. The lowest BCUT2D eigenvalue weighted by Crippen LogP contribution is -2.31. The number of aryl methyl sites for hydroxylation is 4. The Morgan fingerprint density at radius 2 is 1.61 bits per heavy atom. The molecule has 0 aromatic heterocycles. The van der Waals surface area contributed by atoms with Gasteiger partial charge in [0.05, 0.1) is 6.04 Å². The van der Waals surface area contributed by atoms with E-state index in [2.05, 4.69) is 37.4 Å². The van der Waals surface area contributed by atoms with Gasteiger partial charge in [-0.15, -0.1) is 0 Å². The average molecular weight is 311 g/mol. The first-order valence-electron chi connectivity index (χ1n) is 7.93. The Morgan fingerprint density at radius 3 is 2.22 bits per heavy atom. The molecule has 1 atom stereocenters. The van der Waals surface area contributed by atoms with Crippen molar-refractivity contribution in [1.29, 1.82) is 0 Å². The first-order valence-corrected chi connectivity index (χ1v) is 7.93. The summed E-state index contributed by atoms with van der Waals surface area (Å²) in [7, 11) is 0. The minimum absolute atomic E-state index is 0.0269. The van der Waals surface area contributed by atoms with Crippen molar-refractivity contribution in [2.45, 2.75) is 40.7 Å². The largest absolute Gasteiger partial charge is 0.484 e. The summed E-state index contributed by atoms with van der Waals surface area (Å²) in [4.78, 5) is 12.1. The Hall–Kier alpha value is -2.29. The number of benzene rings is 2. The van der Waals surface area contributed by atoms with Crippen LogP contribution < -0.4 is 10.1 Å². The van der Waals surface area contributed by atoms with Crippen LogP contribution >= 0.6 is 0 Å². The maximum absolute atomic E-state index is 12.1. The lowest BCUT2D eigenvalue weighted by Gasteiger charge is -2.17. The SMILES string of the molecule is Cc1ccc(OCC(=O)N[C@H](C)c2ccc(C)cc2C)c(C)c1. The van der Waals surface area contributed by atoms with Crippen LogP contribution in [0.4, 0.5) is 0 Å². The molecule has 0 unspecified atom stereocenters. The van der Waals surface area contributed by atoms with Crippen LogP contribution in [0.15, 0.2) is 36.4 Å². The zero-order chi connectivity index (χ0) is 17.0. The predicted molar refractivity (Wildman–Crippen MR) is 93.9 cm³/mol. The molecule has 2 aromatic rings. The van der Waals surface area contributed by atoms with Gasteiger partial charge in [0.2, 0.25) is 0 Å². The topological polar surface area (TPSA) is 38.3 Å². The van der Waals surface area contributed by atoms with Crippen LogP contribution in [0.5, 0.6) is 5.75 Å². The van der Waals surface area contributed by atoms with Crippen molar-refractivity contribution in [3.8, 4) is 5.75 Å². The van der Waals surface area contributed by atoms with Crippen molar-refractivity contribution >= 4 is 5.91 Å². The van der Waals surface area contributed by atoms with E-state index in [1.54, 1.807) is 0 Å². The molecule has 23 heavy (non-hydrogen) atoms. The van der Waals surface area contributed by atoms with Crippen molar-refractivity contribution < 1.29 is 9.53 Å². The van der Waals surface area contributed by atoms with E-state index in [0.717, 1.165) is 16.9 Å². The Morgan fingerprint density at radius 1 is 1.00 bits per heavy atom. The van der Waals surface area contributed by atoms with Gasteiger partial charge in [0.15, 0.2) is 6.61 Å². The predicted octanol–water partition coefficient (Wildman–Crippen LogP) is 4.18. The summed E-state index contributed by atoms with van der Waals surface area (Å²) in [5, 5.41) is 2.99. The fourth-order valence-electron chi connectivity index (χ4n) is 2.78. The number of carbonyl (C=O) groups excluding carboxylic acids is 1. The highest BCUT2D eigenvalue weighted by Gasteiger charge is 2.12. The molecule has 0 aliphatic rings.